The van der Waals surface area contributed by atoms with Crippen molar-refractivity contribution in [3.63, 3.8) is 0 Å². The predicted molar refractivity (Wildman–Crippen MR) is 81.3 cm³/mol. The van der Waals surface area contributed by atoms with Crippen molar-refractivity contribution < 1.29 is 14.6 Å². The summed E-state index contributed by atoms with van der Waals surface area (Å²) in [7, 11) is 1.54. The van der Waals surface area contributed by atoms with Crippen molar-refractivity contribution in [2.45, 2.75) is 12.5 Å². The number of rotatable bonds is 6. The van der Waals surface area contributed by atoms with Gasteiger partial charge in [-0.15, -0.1) is 0 Å². The van der Waals surface area contributed by atoms with Crippen LogP contribution in [0.3, 0.4) is 0 Å². The van der Waals surface area contributed by atoms with E-state index in [1.807, 2.05) is 36.4 Å². The van der Waals surface area contributed by atoms with Gasteiger partial charge in [-0.2, -0.15) is 0 Å². The third-order valence-electron chi connectivity index (χ3n) is 3.28. The first kappa shape index (κ1) is 15.1. The number of ether oxygens (including phenoxy) is 1. The van der Waals surface area contributed by atoms with Gasteiger partial charge in [-0.05, 0) is 24.1 Å². The number of aliphatic hydroxyl groups is 1. The van der Waals surface area contributed by atoms with Gasteiger partial charge in [-0.25, -0.2) is 0 Å². The van der Waals surface area contributed by atoms with Crippen LogP contribution in [0.2, 0.25) is 0 Å². The highest BCUT2D eigenvalue weighted by atomic mass is 16.5. The Morgan fingerprint density at radius 1 is 1.14 bits per heavy atom. The molecule has 0 saturated heterocycles. The summed E-state index contributed by atoms with van der Waals surface area (Å²) in [5, 5.41) is 12.2. The summed E-state index contributed by atoms with van der Waals surface area (Å²) in [5.41, 5.74) is 1.45. The molecular formula is C17H19NO3. The Morgan fingerprint density at radius 3 is 2.48 bits per heavy atom. The van der Waals surface area contributed by atoms with Crippen molar-refractivity contribution in [2.24, 2.45) is 0 Å². The molecule has 2 aromatic carbocycles. The largest absolute Gasteiger partial charge is 0.496 e. The molecule has 2 N–H and O–H groups in total. The van der Waals surface area contributed by atoms with Gasteiger partial charge in [-0.1, -0.05) is 42.5 Å². The van der Waals surface area contributed by atoms with E-state index in [1.165, 1.54) is 7.11 Å². The fourth-order valence-electron chi connectivity index (χ4n) is 2.20. The molecule has 0 heterocycles. The van der Waals surface area contributed by atoms with Crippen molar-refractivity contribution in [3.8, 4) is 5.75 Å². The zero-order valence-corrected chi connectivity index (χ0v) is 12.0. The molecule has 1 amide bonds. The number of benzene rings is 2. The van der Waals surface area contributed by atoms with Gasteiger partial charge in [-0.3, -0.25) is 4.79 Å². The maximum Gasteiger partial charge on any atom is 0.255 e. The Labute approximate surface area is 124 Å². The molecule has 0 bridgehead atoms. The molecule has 0 radical (unpaired) electrons. The Kier molecular flexibility index (Phi) is 5.35. The number of carbonyl (C=O) groups is 1. The van der Waals surface area contributed by atoms with Crippen LogP contribution in [-0.2, 0) is 0 Å². The van der Waals surface area contributed by atoms with Crippen molar-refractivity contribution >= 4 is 5.91 Å². The summed E-state index contributed by atoms with van der Waals surface area (Å²) < 4.78 is 5.20. The second-order valence-electron chi connectivity index (χ2n) is 4.65. The molecule has 1 unspecified atom stereocenters. The first-order valence-electron chi connectivity index (χ1n) is 6.86. The highest BCUT2D eigenvalue weighted by molar-refractivity contribution is 5.97. The molecular weight excluding hydrogens is 266 g/mol. The third-order valence-corrected chi connectivity index (χ3v) is 3.28. The number of nitrogens with one attached hydrogen (secondary N) is 1. The smallest absolute Gasteiger partial charge is 0.255 e. The van der Waals surface area contributed by atoms with Crippen LogP contribution in [0, 0.1) is 0 Å². The van der Waals surface area contributed by atoms with E-state index < -0.39 is 0 Å². The molecule has 2 aromatic rings. The molecule has 4 nitrogen and oxygen atoms in total. The van der Waals surface area contributed by atoms with Gasteiger partial charge in [0.25, 0.3) is 5.91 Å². The van der Waals surface area contributed by atoms with E-state index in [1.54, 1.807) is 18.2 Å². The summed E-state index contributed by atoms with van der Waals surface area (Å²) in [6.45, 7) is 0.00572. The maximum atomic E-state index is 12.4. The highest BCUT2D eigenvalue weighted by Gasteiger charge is 2.17. The van der Waals surface area contributed by atoms with Crippen LogP contribution in [-0.4, -0.2) is 24.7 Å². The Hall–Kier alpha value is -2.33. The van der Waals surface area contributed by atoms with Crippen LogP contribution >= 0.6 is 0 Å². The average Bonchev–Trinajstić information content (AvgIpc) is 2.55. The van der Waals surface area contributed by atoms with Crippen molar-refractivity contribution in [1.29, 1.82) is 0 Å². The lowest BCUT2D eigenvalue weighted by Crippen LogP contribution is -2.29. The molecule has 0 aliphatic rings. The van der Waals surface area contributed by atoms with Crippen LogP contribution in [0.1, 0.15) is 28.4 Å². The number of hydrogen-bond donors (Lipinski definition) is 2. The Morgan fingerprint density at radius 2 is 1.81 bits per heavy atom. The highest BCUT2D eigenvalue weighted by Crippen LogP contribution is 2.21. The lowest BCUT2D eigenvalue weighted by Gasteiger charge is -2.19. The van der Waals surface area contributed by atoms with Crippen LogP contribution in [0.4, 0.5) is 0 Å². The Balaban J connectivity index is 2.19. The van der Waals surface area contributed by atoms with E-state index in [0.29, 0.717) is 17.7 Å². The van der Waals surface area contributed by atoms with E-state index in [2.05, 4.69) is 5.32 Å². The zero-order chi connectivity index (χ0) is 15.1. The summed E-state index contributed by atoms with van der Waals surface area (Å²) in [6, 6.07) is 16.5. The molecule has 0 spiro atoms. The number of methoxy groups -OCH3 is 1. The summed E-state index contributed by atoms with van der Waals surface area (Å²) in [6.07, 6.45) is 0.463. The minimum absolute atomic E-state index is 0.00572. The normalized spacial score (nSPS) is 11.7. The van der Waals surface area contributed by atoms with Gasteiger partial charge in [0.05, 0.1) is 18.7 Å². The molecule has 0 aromatic heterocycles. The second kappa shape index (κ2) is 7.45. The fraction of sp³-hybridized carbons (Fsp3) is 0.235. The molecule has 4 heteroatoms. The monoisotopic (exact) mass is 285 g/mol. The SMILES string of the molecule is COc1ccccc1C(=O)NC(CCO)c1ccccc1. The molecule has 1 atom stereocenters. The van der Waals surface area contributed by atoms with Gasteiger partial charge in [0.15, 0.2) is 0 Å². The fourth-order valence-corrected chi connectivity index (χ4v) is 2.20. The van der Waals surface area contributed by atoms with Crippen molar-refractivity contribution in [3.05, 3.63) is 65.7 Å². The second-order valence-corrected chi connectivity index (χ2v) is 4.65. The number of carbonyl (C=O) groups excluding carboxylic acids is 1. The van der Waals surface area contributed by atoms with Crippen molar-refractivity contribution in [1.82, 2.24) is 5.32 Å². The van der Waals surface area contributed by atoms with Crippen LogP contribution < -0.4 is 10.1 Å². The molecule has 0 fully saturated rings. The van der Waals surface area contributed by atoms with E-state index in [0.717, 1.165) is 5.56 Å². The molecule has 0 aliphatic heterocycles. The lowest BCUT2D eigenvalue weighted by atomic mass is 10.0. The van der Waals surface area contributed by atoms with Gasteiger partial charge < -0.3 is 15.2 Å². The molecule has 0 saturated carbocycles. The first-order chi connectivity index (χ1) is 10.3. The molecule has 2 rings (SSSR count). The Bertz CT molecular complexity index is 584. The predicted octanol–water partition coefficient (Wildman–Crippen LogP) is 2.55. The number of para-hydroxylation sites is 1. The van der Waals surface area contributed by atoms with E-state index in [9.17, 15) is 9.90 Å². The minimum Gasteiger partial charge on any atom is -0.496 e. The quantitative estimate of drug-likeness (QED) is 0.857. The average molecular weight is 285 g/mol. The van der Waals surface area contributed by atoms with E-state index in [4.69, 9.17) is 4.74 Å². The van der Waals surface area contributed by atoms with Crippen LogP contribution in [0.5, 0.6) is 5.75 Å². The van der Waals surface area contributed by atoms with Gasteiger partial charge in [0.2, 0.25) is 0 Å². The van der Waals surface area contributed by atoms with Gasteiger partial charge >= 0.3 is 0 Å². The lowest BCUT2D eigenvalue weighted by molar-refractivity contribution is 0.0927. The number of aliphatic hydroxyl groups excluding tert-OH is 1. The molecule has 21 heavy (non-hydrogen) atoms. The van der Waals surface area contributed by atoms with Gasteiger partial charge in [0.1, 0.15) is 5.75 Å². The summed E-state index contributed by atoms with van der Waals surface area (Å²) in [5.74, 6) is 0.320. The van der Waals surface area contributed by atoms with Crippen molar-refractivity contribution in [2.75, 3.05) is 13.7 Å². The van der Waals surface area contributed by atoms with Crippen LogP contribution in [0.15, 0.2) is 54.6 Å². The third kappa shape index (κ3) is 3.83. The topological polar surface area (TPSA) is 58.6 Å². The summed E-state index contributed by atoms with van der Waals surface area (Å²) in [4.78, 5) is 12.4. The van der Waals surface area contributed by atoms with Gasteiger partial charge in [0, 0.05) is 6.61 Å². The minimum atomic E-state index is -0.228. The summed E-state index contributed by atoms with van der Waals surface area (Å²) >= 11 is 0. The van der Waals surface area contributed by atoms with E-state index in [-0.39, 0.29) is 18.6 Å². The first-order valence-corrected chi connectivity index (χ1v) is 6.86. The molecule has 0 aliphatic carbocycles. The number of hydrogen-bond acceptors (Lipinski definition) is 3. The zero-order valence-electron chi connectivity index (χ0n) is 12.0. The van der Waals surface area contributed by atoms with Crippen LogP contribution in [0.25, 0.3) is 0 Å². The molecule has 110 valence electrons. The number of amides is 1. The maximum absolute atomic E-state index is 12.4. The van der Waals surface area contributed by atoms with E-state index >= 15 is 0 Å². The standard InChI is InChI=1S/C17H19NO3/c1-21-16-10-6-5-9-14(16)17(20)18-15(11-12-19)13-7-3-2-4-8-13/h2-10,15,19H,11-12H2,1H3,(H,18,20).